The molecule has 1 aromatic rings. The molecule has 2 atom stereocenters. The summed E-state index contributed by atoms with van der Waals surface area (Å²) >= 11 is 3.53. The van der Waals surface area contributed by atoms with Crippen molar-refractivity contribution in [1.82, 2.24) is 5.32 Å². The van der Waals surface area contributed by atoms with E-state index in [2.05, 4.69) is 39.4 Å². The largest absolute Gasteiger partial charge is 0.384 e. The molecule has 1 aliphatic carbocycles. The van der Waals surface area contributed by atoms with Crippen LogP contribution >= 0.6 is 15.9 Å². The van der Waals surface area contributed by atoms with Crippen LogP contribution in [0, 0.1) is 0 Å². The summed E-state index contributed by atoms with van der Waals surface area (Å²) in [7, 11) is 1.69. The van der Waals surface area contributed by atoms with Crippen LogP contribution in [0.4, 0.5) is 0 Å². The monoisotopic (exact) mass is 339 g/mol. The number of rotatable bonds is 6. The van der Waals surface area contributed by atoms with Gasteiger partial charge in [0.2, 0.25) is 5.91 Å². The van der Waals surface area contributed by atoms with E-state index in [1.807, 2.05) is 6.07 Å². The molecule has 0 heterocycles. The van der Waals surface area contributed by atoms with E-state index in [1.54, 1.807) is 7.11 Å². The number of alkyl halides is 1. The first kappa shape index (κ1) is 15.5. The summed E-state index contributed by atoms with van der Waals surface area (Å²) in [6.45, 7) is 1.36. The van der Waals surface area contributed by atoms with E-state index < -0.39 is 0 Å². The number of fused-ring (bicyclic) bond motifs is 1. The summed E-state index contributed by atoms with van der Waals surface area (Å²) in [5, 5.41) is 3.06. The van der Waals surface area contributed by atoms with Crippen LogP contribution in [0.3, 0.4) is 0 Å². The molecule has 4 heteroatoms. The SMILES string of the molecule is COCC(Br)CCNC(=O)C1CCCc2ccccc21. The van der Waals surface area contributed by atoms with Crippen LogP contribution in [0.2, 0.25) is 0 Å². The Kier molecular flexibility index (Phi) is 6.05. The minimum absolute atomic E-state index is 0.0242. The molecule has 1 aromatic carbocycles. The Morgan fingerprint density at radius 1 is 1.50 bits per heavy atom. The molecule has 1 amide bonds. The predicted molar refractivity (Wildman–Crippen MR) is 84.3 cm³/mol. The first-order chi connectivity index (χ1) is 9.72. The quantitative estimate of drug-likeness (QED) is 0.809. The van der Waals surface area contributed by atoms with Crippen LogP contribution in [0.15, 0.2) is 24.3 Å². The molecule has 1 N–H and O–H groups in total. The van der Waals surface area contributed by atoms with Crippen LogP contribution < -0.4 is 5.32 Å². The highest BCUT2D eigenvalue weighted by Crippen LogP contribution is 2.31. The average Bonchev–Trinajstić information content (AvgIpc) is 2.47. The lowest BCUT2D eigenvalue weighted by atomic mass is 9.82. The van der Waals surface area contributed by atoms with Gasteiger partial charge >= 0.3 is 0 Å². The second-order valence-corrected chi connectivity index (χ2v) is 6.57. The average molecular weight is 340 g/mol. The van der Waals surface area contributed by atoms with Crippen LogP contribution in [-0.2, 0) is 16.0 Å². The minimum Gasteiger partial charge on any atom is -0.384 e. The Balaban J connectivity index is 1.87. The van der Waals surface area contributed by atoms with Gasteiger partial charge in [-0.15, -0.1) is 0 Å². The van der Waals surface area contributed by atoms with Gasteiger partial charge in [0.25, 0.3) is 0 Å². The second-order valence-electron chi connectivity index (χ2n) is 5.28. The molecule has 20 heavy (non-hydrogen) atoms. The Morgan fingerprint density at radius 3 is 3.10 bits per heavy atom. The lowest BCUT2D eigenvalue weighted by Crippen LogP contribution is -2.33. The summed E-state index contributed by atoms with van der Waals surface area (Å²) in [6, 6.07) is 8.32. The van der Waals surface area contributed by atoms with E-state index in [-0.39, 0.29) is 11.8 Å². The standard InChI is InChI=1S/C16H22BrNO2/c1-20-11-13(17)9-10-18-16(19)15-8-4-6-12-5-2-3-7-14(12)15/h2-3,5,7,13,15H,4,6,8-11H2,1H3,(H,18,19). The summed E-state index contributed by atoms with van der Waals surface area (Å²) < 4.78 is 5.06. The van der Waals surface area contributed by atoms with E-state index >= 15 is 0 Å². The molecule has 0 aromatic heterocycles. The fourth-order valence-electron chi connectivity index (χ4n) is 2.77. The lowest BCUT2D eigenvalue weighted by Gasteiger charge is -2.24. The molecule has 0 fully saturated rings. The van der Waals surface area contributed by atoms with E-state index in [0.717, 1.165) is 25.7 Å². The smallest absolute Gasteiger partial charge is 0.227 e. The number of carbonyl (C=O) groups is 1. The fraction of sp³-hybridized carbons (Fsp3) is 0.562. The zero-order chi connectivity index (χ0) is 14.4. The molecule has 1 aliphatic rings. The van der Waals surface area contributed by atoms with Gasteiger partial charge in [0.15, 0.2) is 0 Å². The molecular weight excluding hydrogens is 318 g/mol. The highest BCUT2D eigenvalue weighted by atomic mass is 79.9. The molecular formula is C16H22BrNO2. The third kappa shape index (κ3) is 4.06. The Labute approximate surface area is 129 Å². The second kappa shape index (κ2) is 7.79. The first-order valence-electron chi connectivity index (χ1n) is 7.21. The number of benzene rings is 1. The molecule has 0 saturated carbocycles. The maximum atomic E-state index is 12.3. The number of nitrogens with one attached hydrogen (secondary N) is 1. The van der Waals surface area contributed by atoms with Gasteiger partial charge in [-0.05, 0) is 36.8 Å². The lowest BCUT2D eigenvalue weighted by molar-refractivity contribution is -0.122. The van der Waals surface area contributed by atoms with E-state index in [0.29, 0.717) is 18.0 Å². The number of hydrogen-bond donors (Lipinski definition) is 1. The third-order valence-electron chi connectivity index (χ3n) is 3.79. The topological polar surface area (TPSA) is 38.3 Å². The summed E-state index contributed by atoms with van der Waals surface area (Å²) in [6.07, 6.45) is 4.03. The number of hydrogen-bond acceptors (Lipinski definition) is 2. The third-order valence-corrected chi connectivity index (χ3v) is 4.51. The van der Waals surface area contributed by atoms with Crippen molar-refractivity contribution in [1.29, 1.82) is 0 Å². The predicted octanol–water partition coefficient (Wildman–Crippen LogP) is 3.02. The zero-order valence-corrected chi connectivity index (χ0v) is 13.5. The maximum Gasteiger partial charge on any atom is 0.227 e. The number of amides is 1. The van der Waals surface area contributed by atoms with Crippen molar-refractivity contribution >= 4 is 21.8 Å². The Hall–Kier alpha value is -0.870. The van der Waals surface area contributed by atoms with Crippen LogP contribution in [0.5, 0.6) is 0 Å². The fourth-order valence-corrected chi connectivity index (χ4v) is 3.26. The van der Waals surface area contributed by atoms with Gasteiger partial charge in [-0.3, -0.25) is 4.79 Å². The normalized spacial score (nSPS) is 19.2. The summed E-state index contributed by atoms with van der Waals surface area (Å²) in [4.78, 5) is 12.6. The van der Waals surface area contributed by atoms with E-state index in [4.69, 9.17) is 4.74 Å². The highest BCUT2D eigenvalue weighted by molar-refractivity contribution is 9.09. The molecule has 0 radical (unpaired) electrons. The van der Waals surface area contributed by atoms with Gasteiger partial charge in [-0.1, -0.05) is 40.2 Å². The van der Waals surface area contributed by atoms with Crippen LogP contribution in [0.25, 0.3) is 0 Å². The number of aryl methyl sites for hydroxylation is 1. The summed E-state index contributed by atoms with van der Waals surface area (Å²) in [5.74, 6) is 0.186. The number of carbonyl (C=O) groups excluding carboxylic acids is 1. The van der Waals surface area contributed by atoms with Gasteiger partial charge < -0.3 is 10.1 Å². The Morgan fingerprint density at radius 2 is 2.30 bits per heavy atom. The maximum absolute atomic E-state index is 12.3. The van der Waals surface area contributed by atoms with Crippen LogP contribution in [-0.4, -0.2) is 31.0 Å². The number of methoxy groups -OCH3 is 1. The van der Waals surface area contributed by atoms with Gasteiger partial charge in [0.05, 0.1) is 12.5 Å². The van der Waals surface area contributed by atoms with Crippen molar-refractivity contribution in [2.45, 2.75) is 36.4 Å². The van der Waals surface area contributed by atoms with Crippen molar-refractivity contribution in [3.63, 3.8) is 0 Å². The van der Waals surface area contributed by atoms with Crippen molar-refractivity contribution in [3.8, 4) is 0 Å². The molecule has 3 nitrogen and oxygen atoms in total. The molecule has 0 bridgehead atoms. The van der Waals surface area contributed by atoms with Gasteiger partial charge in [-0.2, -0.15) is 0 Å². The van der Waals surface area contributed by atoms with Crippen molar-refractivity contribution in [2.75, 3.05) is 20.3 Å². The molecule has 2 unspecified atom stereocenters. The highest BCUT2D eigenvalue weighted by Gasteiger charge is 2.25. The zero-order valence-electron chi connectivity index (χ0n) is 11.9. The molecule has 0 aliphatic heterocycles. The Bertz CT molecular complexity index is 450. The van der Waals surface area contributed by atoms with Crippen molar-refractivity contribution in [2.24, 2.45) is 0 Å². The van der Waals surface area contributed by atoms with E-state index in [9.17, 15) is 4.79 Å². The molecule has 0 spiro atoms. The number of ether oxygens (including phenoxy) is 1. The van der Waals surface area contributed by atoms with Gasteiger partial charge in [-0.25, -0.2) is 0 Å². The first-order valence-corrected chi connectivity index (χ1v) is 8.12. The molecule has 2 rings (SSSR count). The van der Waals surface area contributed by atoms with E-state index in [1.165, 1.54) is 11.1 Å². The van der Waals surface area contributed by atoms with Crippen molar-refractivity contribution in [3.05, 3.63) is 35.4 Å². The summed E-state index contributed by atoms with van der Waals surface area (Å²) in [5.41, 5.74) is 2.54. The van der Waals surface area contributed by atoms with Gasteiger partial charge in [0.1, 0.15) is 0 Å². The molecule has 0 saturated heterocycles. The molecule has 110 valence electrons. The van der Waals surface area contributed by atoms with Crippen LogP contribution in [0.1, 0.15) is 36.3 Å². The van der Waals surface area contributed by atoms with Gasteiger partial charge in [0, 0.05) is 18.5 Å². The van der Waals surface area contributed by atoms with Crippen molar-refractivity contribution < 1.29 is 9.53 Å². The number of halogens is 1. The minimum atomic E-state index is 0.0242.